The smallest absolute Gasteiger partial charge is 0.317 e. The molecule has 67 heavy (non-hydrogen) atoms. The Balaban J connectivity index is 1.37. The summed E-state index contributed by atoms with van der Waals surface area (Å²) in [4.78, 5) is 87.8. The third-order valence-corrected chi connectivity index (χ3v) is 13.7. The zero-order valence-corrected chi connectivity index (χ0v) is 39.8. The highest BCUT2D eigenvalue weighted by Crippen LogP contribution is 2.49. The standard InChI is InChI=1S/C49H65N3O15/c1-25-12-10-13-26(2)48(61)50-38-39(52-17-20-63-21-18-52)44(59)35-36(43(38)58)42(57)30(6)46-37(35)47(60)49(7,67-46)65-19-15-32(62-9)27(3)45(29(5)41(56)28(4)40(25)55)66-34(54)22-33(53)64-24-31-14-11-16-51(8)23-31/h10,12-13,15,19,25,27-29,31-32,40-41,45,55-57H,11,14,16-18,20-24H2,1-9H3,(H,50,61)/b12-10+,19-15+,26-13-/t25-,27+,28+,29+,31?,32?,40-,41+,45-,49?/m0/s1. The molecule has 5 bridgehead atoms. The molecule has 6 aliphatic rings. The van der Waals surface area contributed by atoms with E-state index in [2.05, 4.69) is 10.2 Å². The molecule has 7 rings (SSSR count). The zero-order valence-electron chi connectivity index (χ0n) is 39.8. The average molecular weight is 936 g/mol. The highest BCUT2D eigenvalue weighted by atomic mass is 16.7. The van der Waals surface area contributed by atoms with Crippen molar-refractivity contribution in [3.63, 3.8) is 0 Å². The van der Waals surface area contributed by atoms with Gasteiger partial charge in [-0.25, -0.2) is 0 Å². The number of morpholine rings is 1. The Labute approximate surface area is 390 Å². The molecule has 18 nitrogen and oxygen atoms in total. The number of amides is 1. The number of allylic oxidation sites excluding steroid dienone is 4. The van der Waals surface area contributed by atoms with Crippen LogP contribution in [-0.2, 0) is 38.1 Å². The summed E-state index contributed by atoms with van der Waals surface area (Å²) in [7, 11) is 3.39. The molecule has 18 heteroatoms. The molecule has 2 fully saturated rings. The first-order valence-corrected chi connectivity index (χ1v) is 22.9. The Hall–Kier alpha value is -5.40. The fourth-order valence-electron chi connectivity index (χ4n) is 9.56. The normalized spacial score (nSPS) is 33.0. The fourth-order valence-corrected chi connectivity index (χ4v) is 9.56. The van der Waals surface area contributed by atoms with Gasteiger partial charge in [0.1, 0.15) is 35.4 Å². The molecule has 0 aromatic heterocycles. The SMILES string of the molecule is COC1/C=C/OC2(C)Oc3c(C)c(O)c4c(c3C2=O)C(=O)C(N2CCOCC2)=C(NC(=O)/C(C)=C\C=C\[C@H](C)[C@H](O)[C@@H](C)[C@@H](O)[C@@H](C)[C@@H](OC(=O)CC(=O)OCC2CCCN(C)C2)[C@@H]1C)C4=O. The van der Waals surface area contributed by atoms with Crippen molar-refractivity contribution in [3.8, 4) is 11.5 Å². The molecule has 1 aromatic rings. The van der Waals surface area contributed by atoms with E-state index in [4.69, 9.17) is 28.4 Å². The van der Waals surface area contributed by atoms with Crippen molar-refractivity contribution >= 4 is 35.2 Å². The van der Waals surface area contributed by atoms with Crippen LogP contribution in [0.4, 0.5) is 0 Å². The maximum absolute atomic E-state index is 14.8. The molecule has 5 heterocycles. The number of carbonyl (C=O) groups excluding carboxylic acids is 6. The van der Waals surface area contributed by atoms with Crippen molar-refractivity contribution in [1.82, 2.24) is 15.1 Å². The third-order valence-electron chi connectivity index (χ3n) is 13.7. The summed E-state index contributed by atoms with van der Waals surface area (Å²) < 4.78 is 34.9. The number of ether oxygens (including phenoxy) is 6. The molecule has 0 saturated carbocycles. The summed E-state index contributed by atoms with van der Waals surface area (Å²) in [6.45, 7) is 13.6. The van der Waals surface area contributed by atoms with Gasteiger partial charge in [0.2, 0.25) is 11.6 Å². The van der Waals surface area contributed by atoms with Crippen LogP contribution < -0.4 is 10.1 Å². The molecule has 1 aromatic carbocycles. The number of piperidine rings is 1. The van der Waals surface area contributed by atoms with Crippen LogP contribution in [0.2, 0.25) is 0 Å². The van der Waals surface area contributed by atoms with Crippen molar-refractivity contribution in [3.05, 3.63) is 69.8 Å². The van der Waals surface area contributed by atoms with Crippen LogP contribution in [0.5, 0.6) is 11.5 Å². The first-order valence-electron chi connectivity index (χ1n) is 22.9. The van der Waals surface area contributed by atoms with Gasteiger partial charge in [0, 0.05) is 74.4 Å². The lowest BCUT2D eigenvalue weighted by molar-refractivity contribution is -0.168. The Morgan fingerprint density at radius 2 is 1.61 bits per heavy atom. The molecule has 10 atom stereocenters. The molecule has 1 aliphatic carbocycles. The number of hydrogen-bond acceptors (Lipinski definition) is 17. The van der Waals surface area contributed by atoms with Crippen LogP contribution in [0, 0.1) is 36.5 Å². The Morgan fingerprint density at radius 1 is 0.910 bits per heavy atom. The molecule has 0 radical (unpaired) electrons. The minimum absolute atomic E-state index is 0.0246. The second-order valence-corrected chi connectivity index (χ2v) is 18.6. The average Bonchev–Trinajstić information content (AvgIpc) is 3.56. The first-order chi connectivity index (χ1) is 31.7. The second kappa shape index (κ2) is 21.3. The van der Waals surface area contributed by atoms with E-state index in [0.717, 1.165) is 32.2 Å². The number of aliphatic hydroxyl groups is 2. The van der Waals surface area contributed by atoms with Crippen LogP contribution in [0.25, 0.3) is 0 Å². The number of fused-ring (bicyclic) bond motifs is 14. The number of aromatic hydroxyl groups is 1. The van der Waals surface area contributed by atoms with Gasteiger partial charge in [0.25, 0.3) is 11.7 Å². The molecule has 0 spiro atoms. The van der Waals surface area contributed by atoms with Crippen LogP contribution >= 0.6 is 0 Å². The molecule has 366 valence electrons. The number of aliphatic hydroxyl groups excluding tert-OH is 2. The lowest BCUT2D eigenvalue weighted by Gasteiger charge is -2.38. The first kappa shape index (κ1) is 51.0. The van der Waals surface area contributed by atoms with Crippen molar-refractivity contribution in [2.45, 2.75) is 97.9 Å². The number of phenols is 1. The van der Waals surface area contributed by atoms with Gasteiger partial charge in [-0.05, 0) is 46.4 Å². The Morgan fingerprint density at radius 3 is 2.28 bits per heavy atom. The maximum Gasteiger partial charge on any atom is 0.317 e. The molecule has 1 amide bonds. The van der Waals surface area contributed by atoms with Crippen molar-refractivity contribution in [1.29, 1.82) is 0 Å². The predicted octanol–water partition coefficient (Wildman–Crippen LogP) is 3.55. The molecular formula is C49H65N3O15. The zero-order chi connectivity index (χ0) is 49.1. The fraction of sp³-hybridized carbons (Fsp3) is 0.592. The van der Waals surface area contributed by atoms with Crippen molar-refractivity contribution in [2.24, 2.45) is 29.6 Å². The minimum Gasteiger partial charge on any atom is -0.507 e. The van der Waals surface area contributed by atoms with Gasteiger partial charge in [-0.1, -0.05) is 45.9 Å². The topological polar surface area (TPSA) is 237 Å². The Kier molecular flexibility index (Phi) is 16.2. The van der Waals surface area contributed by atoms with Crippen LogP contribution in [0.15, 0.2) is 47.5 Å². The molecule has 4 N–H and O–H groups in total. The van der Waals surface area contributed by atoms with E-state index in [1.807, 2.05) is 7.05 Å². The number of likely N-dealkylation sites (tertiary alicyclic amines) is 1. The minimum atomic E-state index is -2.14. The molecule has 3 unspecified atom stereocenters. The highest BCUT2D eigenvalue weighted by Gasteiger charge is 2.53. The van der Waals surface area contributed by atoms with E-state index < -0.39 is 112 Å². The van der Waals surface area contributed by atoms with E-state index in [0.29, 0.717) is 0 Å². The number of esters is 2. The number of nitrogens with one attached hydrogen (secondary N) is 1. The van der Waals surface area contributed by atoms with Gasteiger partial charge < -0.3 is 58.9 Å². The number of benzene rings is 1. The van der Waals surface area contributed by atoms with Gasteiger partial charge in [0.05, 0.1) is 61.1 Å². The molecule has 5 aliphatic heterocycles. The summed E-state index contributed by atoms with van der Waals surface area (Å²) >= 11 is 0. The molecule has 2 saturated heterocycles. The monoisotopic (exact) mass is 935 g/mol. The van der Waals surface area contributed by atoms with Crippen molar-refractivity contribution < 1.29 is 72.5 Å². The van der Waals surface area contributed by atoms with Gasteiger partial charge in [-0.2, -0.15) is 0 Å². The van der Waals surface area contributed by atoms with Gasteiger partial charge >= 0.3 is 17.7 Å². The van der Waals surface area contributed by atoms with Crippen LogP contribution in [0.1, 0.15) is 97.4 Å². The quantitative estimate of drug-likeness (QED) is 0.226. The summed E-state index contributed by atoms with van der Waals surface area (Å²) in [6.07, 6.45) is 3.91. The number of methoxy groups -OCH3 is 1. The molecular weight excluding hydrogens is 871 g/mol. The van der Waals surface area contributed by atoms with Gasteiger partial charge in [0.15, 0.2) is 0 Å². The van der Waals surface area contributed by atoms with E-state index >= 15 is 0 Å². The van der Waals surface area contributed by atoms with Crippen molar-refractivity contribution in [2.75, 3.05) is 60.2 Å². The number of phenolic OH excluding ortho intramolecular Hbond substituents is 1. The number of ketones is 3. The second-order valence-electron chi connectivity index (χ2n) is 18.6. The summed E-state index contributed by atoms with van der Waals surface area (Å²) in [5.74, 6) is -10.8. The number of rotatable bonds is 7. The maximum atomic E-state index is 14.8. The lowest BCUT2D eigenvalue weighted by atomic mass is 9.78. The third kappa shape index (κ3) is 10.7. The van der Waals surface area contributed by atoms with E-state index in [9.17, 15) is 44.1 Å². The summed E-state index contributed by atoms with van der Waals surface area (Å²) in [5, 5.41) is 37.5. The van der Waals surface area contributed by atoms with Gasteiger partial charge in [-0.15, -0.1) is 0 Å². The number of Topliss-reactive ketones (excluding diaryl/α,β-unsaturated/α-hetero) is 3. The summed E-state index contributed by atoms with van der Waals surface area (Å²) in [5.41, 5.74) is -1.64. The van der Waals surface area contributed by atoms with E-state index in [-0.39, 0.29) is 72.7 Å². The summed E-state index contributed by atoms with van der Waals surface area (Å²) in [6, 6.07) is 0. The van der Waals surface area contributed by atoms with E-state index in [1.54, 1.807) is 44.7 Å². The predicted molar refractivity (Wildman–Crippen MR) is 241 cm³/mol. The van der Waals surface area contributed by atoms with Gasteiger partial charge in [-0.3, -0.25) is 28.8 Å². The Bertz CT molecular complexity index is 2240. The lowest BCUT2D eigenvalue weighted by Crippen LogP contribution is -2.47. The highest BCUT2D eigenvalue weighted by molar-refractivity contribution is 6.32. The largest absolute Gasteiger partial charge is 0.507 e. The van der Waals surface area contributed by atoms with Crippen LogP contribution in [-0.4, -0.2) is 151 Å². The number of carbonyl (C=O) groups is 6. The number of hydrogen-bond donors (Lipinski definition) is 4. The number of nitrogens with zero attached hydrogens (tertiary/aromatic N) is 2. The van der Waals surface area contributed by atoms with Crippen LogP contribution in [0.3, 0.4) is 0 Å². The van der Waals surface area contributed by atoms with E-state index in [1.165, 1.54) is 40.0 Å².